The van der Waals surface area contributed by atoms with Gasteiger partial charge in [0, 0.05) is 17.1 Å². The highest BCUT2D eigenvalue weighted by Crippen LogP contribution is 2.36. The molecule has 0 radical (unpaired) electrons. The number of benzene rings is 1. The zero-order valence-electron chi connectivity index (χ0n) is 11.2. The number of nitrogens with zero attached hydrogens (tertiary/aromatic N) is 1. The van der Waals surface area contributed by atoms with E-state index in [1.165, 1.54) is 23.8 Å². The Hall–Kier alpha value is -1.79. The van der Waals surface area contributed by atoms with Crippen LogP contribution in [0.15, 0.2) is 24.4 Å². The van der Waals surface area contributed by atoms with Gasteiger partial charge in [0.15, 0.2) is 0 Å². The Morgan fingerprint density at radius 1 is 1.42 bits per heavy atom. The maximum absolute atomic E-state index is 9.06. The van der Waals surface area contributed by atoms with Gasteiger partial charge in [-0.15, -0.1) is 0 Å². The van der Waals surface area contributed by atoms with E-state index in [4.69, 9.17) is 5.26 Å². The Balaban J connectivity index is 2.06. The molecule has 19 heavy (non-hydrogen) atoms. The number of nitriles is 1. The molecule has 0 spiro atoms. The molecule has 0 aliphatic carbocycles. The third kappa shape index (κ3) is 2.13. The molecule has 2 N–H and O–H groups in total. The molecule has 1 aliphatic rings. The van der Waals surface area contributed by atoms with Crippen LogP contribution in [-0.2, 0) is 0 Å². The smallest absolute Gasteiger partial charge is 0.0991 e. The lowest BCUT2D eigenvalue weighted by atomic mass is 9.79. The van der Waals surface area contributed by atoms with E-state index in [1.54, 1.807) is 0 Å². The summed E-state index contributed by atoms with van der Waals surface area (Å²) in [5.41, 5.74) is 3.28. The molecule has 3 heteroatoms. The minimum absolute atomic E-state index is 0.606. The topological polar surface area (TPSA) is 51.6 Å². The standard InChI is InChI=1S/C16H19N3/c1-2-12-9-18-6-5-13(12)15-10-19-16-4-3-11(8-17)7-14(15)16/h3-4,7,10,12-13,18-19H,2,5-6,9H2,1H3. The van der Waals surface area contributed by atoms with Crippen molar-refractivity contribution in [1.82, 2.24) is 10.3 Å². The quantitative estimate of drug-likeness (QED) is 0.864. The molecule has 2 heterocycles. The Labute approximate surface area is 113 Å². The van der Waals surface area contributed by atoms with Crippen LogP contribution in [0.4, 0.5) is 0 Å². The molecule has 0 saturated carbocycles. The lowest BCUT2D eigenvalue weighted by molar-refractivity contribution is 0.319. The lowest BCUT2D eigenvalue weighted by Crippen LogP contribution is -2.34. The van der Waals surface area contributed by atoms with Crippen molar-refractivity contribution >= 4 is 10.9 Å². The monoisotopic (exact) mass is 253 g/mol. The number of aromatic nitrogens is 1. The van der Waals surface area contributed by atoms with E-state index in [9.17, 15) is 0 Å². The largest absolute Gasteiger partial charge is 0.361 e. The average molecular weight is 253 g/mol. The van der Waals surface area contributed by atoms with Crippen LogP contribution in [0.25, 0.3) is 10.9 Å². The van der Waals surface area contributed by atoms with E-state index in [0.717, 1.165) is 24.2 Å². The molecule has 3 rings (SSSR count). The summed E-state index contributed by atoms with van der Waals surface area (Å²) < 4.78 is 0. The predicted octanol–water partition coefficient (Wildman–Crippen LogP) is 3.14. The molecule has 2 atom stereocenters. The van der Waals surface area contributed by atoms with Crippen molar-refractivity contribution in [1.29, 1.82) is 5.26 Å². The minimum atomic E-state index is 0.606. The summed E-state index contributed by atoms with van der Waals surface area (Å²) in [6, 6.07) is 8.15. The van der Waals surface area contributed by atoms with Gasteiger partial charge < -0.3 is 10.3 Å². The van der Waals surface area contributed by atoms with E-state index < -0.39 is 0 Å². The second-order valence-corrected chi connectivity index (χ2v) is 5.38. The predicted molar refractivity (Wildman–Crippen MR) is 77.0 cm³/mol. The molecule has 1 aromatic heterocycles. The van der Waals surface area contributed by atoms with Gasteiger partial charge in [0.25, 0.3) is 0 Å². The van der Waals surface area contributed by atoms with Crippen LogP contribution in [0.2, 0.25) is 0 Å². The Morgan fingerprint density at radius 2 is 2.32 bits per heavy atom. The van der Waals surface area contributed by atoms with Crippen LogP contribution >= 0.6 is 0 Å². The summed E-state index contributed by atoms with van der Waals surface area (Å²) in [5.74, 6) is 1.30. The van der Waals surface area contributed by atoms with Crippen LogP contribution in [-0.4, -0.2) is 18.1 Å². The number of hydrogen-bond acceptors (Lipinski definition) is 2. The van der Waals surface area contributed by atoms with Crippen molar-refractivity contribution in [3.05, 3.63) is 35.5 Å². The maximum atomic E-state index is 9.06. The van der Waals surface area contributed by atoms with Crippen molar-refractivity contribution in [3.8, 4) is 6.07 Å². The molecule has 2 unspecified atom stereocenters. The lowest BCUT2D eigenvalue weighted by Gasteiger charge is -2.31. The van der Waals surface area contributed by atoms with Crippen LogP contribution in [0.1, 0.15) is 36.8 Å². The van der Waals surface area contributed by atoms with Gasteiger partial charge in [0.2, 0.25) is 0 Å². The van der Waals surface area contributed by atoms with Gasteiger partial charge in [-0.25, -0.2) is 0 Å². The number of hydrogen-bond donors (Lipinski definition) is 2. The number of fused-ring (bicyclic) bond motifs is 1. The molecule has 1 aromatic carbocycles. The van der Waals surface area contributed by atoms with Crippen molar-refractivity contribution in [2.24, 2.45) is 5.92 Å². The first kappa shape index (κ1) is 12.3. The van der Waals surface area contributed by atoms with Crippen LogP contribution in [0.3, 0.4) is 0 Å². The third-order valence-electron chi connectivity index (χ3n) is 4.37. The summed E-state index contributed by atoms with van der Waals surface area (Å²) in [7, 11) is 0. The highest BCUT2D eigenvalue weighted by molar-refractivity contribution is 5.85. The summed E-state index contributed by atoms with van der Waals surface area (Å²) in [4.78, 5) is 3.35. The highest BCUT2D eigenvalue weighted by Gasteiger charge is 2.26. The fourth-order valence-electron chi connectivity index (χ4n) is 3.28. The fourth-order valence-corrected chi connectivity index (χ4v) is 3.28. The van der Waals surface area contributed by atoms with Crippen LogP contribution < -0.4 is 5.32 Å². The fraction of sp³-hybridized carbons (Fsp3) is 0.438. The number of piperidine rings is 1. The van der Waals surface area contributed by atoms with Crippen LogP contribution in [0.5, 0.6) is 0 Å². The van der Waals surface area contributed by atoms with Gasteiger partial charge in [-0.1, -0.05) is 13.3 Å². The van der Waals surface area contributed by atoms with E-state index in [2.05, 4.69) is 29.5 Å². The molecule has 3 nitrogen and oxygen atoms in total. The molecule has 98 valence electrons. The Kier molecular flexibility index (Phi) is 3.27. The van der Waals surface area contributed by atoms with E-state index in [-0.39, 0.29) is 0 Å². The zero-order chi connectivity index (χ0) is 13.2. The number of rotatable bonds is 2. The molecule has 0 bridgehead atoms. The molecular weight excluding hydrogens is 234 g/mol. The van der Waals surface area contributed by atoms with Gasteiger partial charge in [-0.05, 0) is 55.1 Å². The summed E-state index contributed by atoms with van der Waals surface area (Å²) in [6.45, 7) is 4.46. The van der Waals surface area contributed by atoms with E-state index in [0.29, 0.717) is 11.8 Å². The second-order valence-electron chi connectivity index (χ2n) is 5.38. The third-order valence-corrected chi connectivity index (χ3v) is 4.37. The average Bonchev–Trinajstić information content (AvgIpc) is 2.89. The van der Waals surface area contributed by atoms with Gasteiger partial charge >= 0.3 is 0 Å². The molecule has 1 saturated heterocycles. The molecule has 1 aliphatic heterocycles. The summed E-state index contributed by atoms with van der Waals surface area (Å²) in [6.07, 6.45) is 4.52. The van der Waals surface area contributed by atoms with Crippen molar-refractivity contribution < 1.29 is 0 Å². The highest BCUT2D eigenvalue weighted by atomic mass is 14.9. The zero-order valence-corrected chi connectivity index (χ0v) is 11.2. The minimum Gasteiger partial charge on any atom is -0.361 e. The first-order valence-electron chi connectivity index (χ1n) is 7.05. The second kappa shape index (κ2) is 5.07. The number of H-pyrrole nitrogens is 1. The first-order valence-corrected chi connectivity index (χ1v) is 7.05. The maximum Gasteiger partial charge on any atom is 0.0991 e. The normalized spacial score (nSPS) is 23.4. The number of aromatic amines is 1. The molecule has 1 fully saturated rings. The SMILES string of the molecule is CCC1CNCCC1c1c[nH]c2ccc(C#N)cc12. The van der Waals surface area contributed by atoms with Crippen molar-refractivity contribution in [2.45, 2.75) is 25.7 Å². The van der Waals surface area contributed by atoms with E-state index in [1.807, 2.05) is 18.2 Å². The molecule has 0 amide bonds. The van der Waals surface area contributed by atoms with Crippen molar-refractivity contribution in [2.75, 3.05) is 13.1 Å². The van der Waals surface area contributed by atoms with E-state index >= 15 is 0 Å². The summed E-state index contributed by atoms with van der Waals surface area (Å²) >= 11 is 0. The van der Waals surface area contributed by atoms with Crippen LogP contribution in [0, 0.1) is 17.2 Å². The van der Waals surface area contributed by atoms with Crippen molar-refractivity contribution in [3.63, 3.8) is 0 Å². The first-order chi connectivity index (χ1) is 9.33. The summed E-state index contributed by atoms with van der Waals surface area (Å²) in [5, 5.41) is 13.8. The molecular formula is C16H19N3. The Bertz CT molecular complexity index is 620. The van der Waals surface area contributed by atoms with Gasteiger partial charge in [-0.3, -0.25) is 0 Å². The number of nitrogens with one attached hydrogen (secondary N) is 2. The molecule has 2 aromatic rings. The Morgan fingerprint density at radius 3 is 3.11 bits per heavy atom. The van der Waals surface area contributed by atoms with Gasteiger partial charge in [0.05, 0.1) is 11.6 Å². The van der Waals surface area contributed by atoms with Gasteiger partial charge in [0.1, 0.15) is 0 Å². The van der Waals surface area contributed by atoms with Gasteiger partial charge in [-0.2, -0.15) is 5.26 Å².